The average molecular weight is 256 g/mol. The topological polar surface area (TPSA) is 24.5 Å². The molecule has 1 aliphatic rings. The van der Waals surface area contributed by atoms with Crippen molar-refractivity contribution in [1.82, 2.24) is 10.2 Å². The molecule has 0 aromatic rings. The molecule has 0 bridgehead atoms. The Morgan fingerprint density at radius 3 is 2.78 bits per heavy atom. The molecular formula is C15H32N2O. The fraction of sp³-hybridized carbons (Fsp3) is 1.00. The first-order chi connectivity index (χ1) is 8.81. The van der Waals surface area contributed by atoms with Gasteiger partial charge in [0.15, 0.2) is 0 Å². The van der Waals surface area contributed by atoms with E-state index in [1.165, 1.54) is 51.6 Å². The Kier molecular flexibility index (Phi) is 8.64. The van der Waals surface area contributed by atoms with Gasteiger partial charge in [-0.15, -0.1) is 0 Å². The summed E-state index contributed by atoms with van der Waals surface area (Å²) in [6.45, 7) is 8.94. The number of ether oxygens (including phenoxy) is 1. The van der Waals surface area contributed by atoms with Gasteiger partial charge < -0.3 is 10.1 Å². The molecule has 0 aromatic heterocycles. The summed E-state index contributed by atoms with van der Waals surface area (Å²) in [6, 6.07) is 1.44. The van der Waals surface area contributed by atoms with E-state index in [9.17, 15) is 0 Å². The van der Waals surface area contributed by atoms with Gasteiger partial charge in [0.2, 0.25) is 0 Å². The molecule has 18 heavy (non-hydrogen) atoms. The first-order valence-corrected chi connectivity index (χ1v) is 7.78. The number of rotatable bonds is 10. The molecule has 3 heteroatoms. The minimum Gasteiger partial charge on any atom is -0.383 e. The molecule has 1 aliphatic heterocycles. The number of nitrogens with one attached hydrogen (secondary N) is 1. The minimum atomic E-state index is 0.706. The highest BCUT2D eigenvalue weighted by Crippen LogP contribution is 2.15. The zero-order chi connectivity index (χ0) is 13.2. The molecule has 3 nitrogen and oxygen atoms in total. The van der Waals surface area contributed by atoms with Gasteiger partial charge >= 0.3 is 0 Å². The predicted molar refractivity (Wildman–Crippen MR) is 78.1 cm³/mol. The highest BCUT2D eigenvalue weighted by Gasteiger charge is 2.22. The molecule has 1 heterocycles. The van der Waals surface area contributed by atoms with Crippen LogP contribution in [0.15, 0.2) is 0 Å². The van der Waals surface area contributed by atoms with Gasteiger partial charge in [-0.2, -0.15) is 0 Å². The van der Waals surface area contributed by atoms with Crippen molar-refractivity contribution < 1.29 is 4.74 Å². The van der Waals surface area contributed by atoms with E-state index in [-0.39, 0.29) is 0 Å². The van der Waals surface area contributed by atoms with Crippen LogP contribution in [0.4, 0.5) is 0 Å². The fourth-order valence-corrected chi connectivity index (χ4v) is 2.91. The summed E-state index contributed by atoms with van der Waals surface area (Å²) in [5, 5.41) is 3.62. The molecule has 2 atom stereocenters. The number of unbranched alkanes of at least 4 members (excludes halogenated alkanes) is 1. The van der Waals surface area contributed by atoms with Crippen LogP contribution in [0.1, 0.15) is 52.4 Å². The van der Waals surface area contributed by atoms with Crippen LogP contribution in [0.2, 0.25) is 0 Å². The van der Waals surface area contributed by atoms with E-state index in [2.05, 4.69) is 24.1 Å². The van der Waals surface area contributed by atoms with Crippen LogP contribution in [-0.2, 0) is 4.74 Å². The molecule has 0 radical (unpaired) electrons. The Bertz CT molecular complexity index is 193. The van der Waals surface area contributed by atoms with E-state index < -0.39 is 0 Å². The van der Waals surface area contributed by atoms with Crippen molar-refractivity contribution >= 4 is 0 Å². The predicted octanol–water partition coefficient (Wildman–Crippen LogP) is 2.66. The summed E-state index contributed by atoms with van der Waals surface area (Å²) in [5.41, 5.74) is 0. The van der Waals surface area contributed by atoms with Gasteiger partial charge in [-0.05, 0) is 32.2 Å². The van der Waals surface area contributed by atoms with Gasteiger partial charge in [0, 0.05) is 32.3 Å². The maximum atomic E-state index is 5.27. The van der Waals surface area contributed by atoms with Crippen LogP contribution < -0.4 is 5.32 Å². The Morgan fingerprint density at radius 1 is 1.39 bits per heavy atom. The van der Waals surface area contributed by atoms with E-state index in [0.717, 1.165) is 19.2 Å². The maximum Gasteiger partial charge on any atom is 0.0589 e. The summed E-state index contributed by atoms with van der Waals surface area (Å²) in [5.74, 6) is 0. The quantitative estimate of drug-likeness (QED) is 0.650. The second-order valence-corrected chi connectivity index (χ2v) is 5.49. The van der Waals surface area contributed by atoms with Crippen molar-refractivity contribution in [2.45, 2.75) is 64.5 Å². The molecule has 0 saturated carbocycles. The molecule has 2 unspecified atom stereocenters. The van der Waals surface area contributed by atoms with Crippen molar-refractivity contribution in [2.24, 2.45) is 0 Å². The lowest BCUT2D eigenvalue weighted by Crippen LogP contribution is -2.44. The molecule has 0 spiro atoms. The van der Waals surface area contributed by atoms with Crippen molar-refractivity contribution in [3.63, 3.8) is 0 Å². The van der Waals surface area contributed by atoms with Gasteiger partial charge in [-0.25, -0.2) is 0 Å². The summed E-state index contributed by atoms with van der Waals surface area (Å²) < 4.78 is 5.27. The number of hydrogen-bond acceptors (Lipinski definition) is 3. The highest BCUT2D eigenvalue weighted by atomic mass is 16.5. The van der Waals surface area contributed by atoms with E-state index in [1.807, 2.05) is 0 Å². The first kappa shape index (κ1) is 15.9. The smallest absolute Gasteiger partial charge is 0.0589 e. The largest absolute Gasteiger partial charge is 0.383 e. The SMILES string of the molecule is CCCCC(CC)N(CCOC)CC1CCCN1. The summed E-state index contributed by atoms with van der Waals surface area (Å²) in [7, 11) is 1.80. The second-order valence-electron chi connectivity index (χ2n) is 5.49. The summed E-state index contributed by atoms with van der Waals surface area (Å²) >= 11 is 0. The number of hydrogen-bond donors (Lipinski definition) is 1. The van der Waals surface area contributed by atoms with Crippen LogP contribution in [0, 0.1) is 0 Å². The third-order valence-electron chi connectivity index (χ3n) is 4.08. The minimum absolute atomic E-state index is 0.706. The van der Waals surface area contributed by atoms with Gasteiger partial charge in [-0.1, -0.05) is 26.7 Å². The Balaban J connectivity index is 2.44. The molecule has 1 N–H and O–H groups in total. The van der Waals surface area contributed by atoms with Crippen LogP contribution in [0.5, 0.6) is 0 Å². The van der Waals surface area contributed by atoms with E-state index in [1.54, 1.807) is 7.11 Å². The average Bonchev–Trinajstić information content (AvgIpc) is 2.89. The zero-order valence-corrected chi connectivity index (χ0v) is 12.6. The molecule has 0 aromatic carbocycles. The van der Waals surface area contributed by atoms with Crippen molar-refractivity contribution in [3.8, 4) is 0 Å². The molecule has 0 aliphatic carbocycles. The lowest BCUT2D eigenvalue weighted by atomic mass is 10.0. The number of nitrogens with zero attached hydrogens (tertiary/aromatic N) is 1. The van der Waals surface area contributed by atoms with Crippen LogP contribution >= 0.6 is 0 Å². The van der Waals surface area contributed by atoms with Gasteiger partial charge in [0.05, 0.1) is 6.61 Å². The molecule has 1 rings (SSSR count). The van der Waals surface area contributed by atoms with E-state index >= 15 is 0 Å². The Labute approximate surface area is 113 Å². The molecule has 108 valence electrons. The Hall–Kier alpha value is -0.120. The van der Waals surface area contributed by atoms with Gasteiger partial charge in [0.1, 0.15) is 0 Å². The first-order valence-electron chi connectivity index (χ1n) is 7.78. The monoisotopic (exact) mass is 256 g/mol. The van der Waals surface area contributed by atoms with Crippen molar-refractivity contribution in [1.29, 1.82) is 0 Å². The molecule has 1 fully saturated rings. The van der Waals surface area contributed by atoms with E-state index in [0.29, 0.717) is 6.04 Å². The highest BCUT2D eigenvalue weighted by molar-refractivity contribution is 4.81. The van der Waals surface area contributed by atoms with E-state index in [4.69, 9.17) is 4.74 Å². The zero-order valence-electron chi connectivity index (χ0n) is 12.6. The summed E-state index contributed by atoms with van der Waals surface area (Å²) in [4.78, 5) is 2.65. The second kappa shape index (κ2) is 9.76. The summed E-state index contributed by atoms with van der Waals surface area (Å²) in [6.07, 6.45) is 7.93. The van der Waals surface area contributed by atoms with Gasteiger partial charge in [-0.3, -0.25) is 4.90 Å². The molecular weight excluding hydrogens is 224 g/mol. The normalized spacial score (nSPS) is 21.7. The van der Waals surface area contributed by atoms with Gasteiger partial charge in [0.25, 0.3) is 0 Å². The standard InChI is InChI=1S/C15H32N2O/c1-4-6-9-15(5-2)17(11-12-18-3)13-14-8-7-10-16-14/h14-16H,4-13H2,1-3H3. The van der Waals surface area contributed by atoms with Crippen molar-refractivity contribution in [3.05, 3.63) is 0 Å². The fourth-order valence-electron chi connectivity index (χ4n) is 2.91. The van der Waals surface area contributed by atoms with Crippen LogP contribution in [-0.4, -0.2) is 50.3 Å². The Morgan fingerprint density at radius 2 is 2.22 bits per heavy atom. The third-order valence-corrected chi connectivity index (χ3v) is 4.08. The third kappa shape index (κ3) is 5.68. The van der Waals surface area contributed by atoms with Crippen LogP contribution in [0.25, 0.3) is 0 Å². The lowest BCUT2D eigenvalue weighted by molar-refractivity contribution is 0.105. The maximum absolute atomic E-state index is 5.27. The van der Waals surface area contributed by atoms with Crippen LogP contribution in [0.3, 0.4) is 0 Å². The number of methoxy groups -OCH3 is 1. The molecule has 1 saturated heterocycles. The van der Waals surface area contributed by atoms with Crippen molar-refractivity contribution in [2.75, 3.05) is 33.4 Å². The molecule has 0 amide bonds. The lowest BCUT2D eigenvalue weighted by Gasteiger charge is -2.33.